The number of nitrogens with two attached hydrogens (primary N) is 1. The number of benzene rings is 1. The summed E-state index contributed by atoms with van der Waals surface area (Å²) >= 11 is 0.994. The van der Waals surface area contributed by atoms with E-state index in [1.807, 2.05) is 0 Å². The van der Waals surface area contributed by atoms with E-state index in [1.54, 1.807) is 24.3 Å². The van der Waals surface area contributed by atoms with E-state index in [0.717, 1.165) is 11.3 Å². The molecular formula is C18H16N4O4S. The Morgan fingerprint density at radius 3 is 2.33 bits per heavy atom. The molecule has 9 heteroatoms. The minimum absolute atomic E-state index is 0.00406. The van der Waals surface area contributed by atoms with Gasteiger partial charge in [0.15, 0.2) is 0 Å². The molecule has 0 saturated carbocycles. The zero-order valence-corrected chi connectivity index (χ0v) is 14.9. The first-order valence-corrected chi connectivity index (χ1v) is 8.85. The van der Waals surface area contributed by atoms with Gasteiger partial charge in [-0.05, 0) is 24.3 Å². The predicted octanol–water partition coefficient (Wildman–Crippen LogP) is 0.848. The minimum atomic E-state index is -0.591. The van der Waals surface area contributed by atoms with Gasteiger partial charge in [0.25, 0.3) is 17.7 Å². The molecule has 0 atom stereocenters. The third-order valence-electron chi connectivity index (χ3n) is 3.80. The van der Waals surface area contributed by atoms with Crippen molar-refractivity contribution in [2.24, 2.45) is 5.73 Å². The number of hydrogen-bond donors (Lipinski definition) is 4. The van der Waals surface area contributed by atoms with E-state index < -0.39 is 11.8 Å². The molecule has 0 unspecified atom stereocenters. The Kier molecular flexibility index (Phi) is 5.32. The van der Waals surface area contributed by atoms with Crippen LogP contribution in [0.3, 0.4) is 0 Å². The molecule has 0 radical (unpaired) electrons. The lowest BCUT2D eigenvalue weighted by Gasteiger charge is -2.07. The first-order valence-electron chi connectivity index (χ1n) is 8.04. The molecule has 3 rings (SSSR count). The molecule has 5 N–H and O–H groups in total. The molecule has 3 amide bonds. The highest BCUT2D eigenvalue weighted by Gasteiger charge is 2.13. The summed E-state index contributed by atoms with van der Waals surface area (Å²) in [5.41, 5.74) is 5.45. The Labute approximate surface area is 157 Å². The molecule has 0 aliphatic carbocycles. The summed E-state index contributed by atoms with van der Waals surface area (Å²) in [6.45, 7) is 0.310. The molecule has 2 aromatic heterocycles. The topological polar surface area (TPSA) is 134 Å². The van der Waals surface area contributed by atoms with E-state index in [4.69, 9.17) is 5.73 Å². The molecule has 0 saturated heterocycles. The van der Waals surface area contributed by atoms with Gasteiger partial charge >= 0.3 is 0 Å². The lowest BCUT2D eigenvalue weighted by atomic mass is 10.1. The van der Waals surface area contributed by atoms with Gasteiger partial charge in [0, 0.05) is 30.2 Å². The average molecular weight is 384 g/mol. The monoisotopic (exact) mass is 384 g/mol. The van der Waals surface area contributed by atoms with Crippen LogP contribution in [-0.2, 0) is 0 Å². The van der Waals surface area contributed by atoms with Crippen molar-refractivity contribution in [2.45, 2.75) is 0 Å². The van der Waals surface area contributed by atoms with E-state index >= 15 is 0 Å². The lowest BCUT2D eigenvalue weighted by molar-refractivity contribution is 0.0929. The number of nitrogens with one attached hydrogen (secondary N) is 3. The van der Waals surface area contributed by atoms with Crippen LogP contribution < -0.4 is 21.8 Å². The number of primary amides is 1. The van der Waals surface area contributed by atoms with Gasteiger partial charge in [0.05, 0.1) is 9.75 Å². The zero-order valence-electron chi connectivity index (χ0n) is 14.1. The number of H-pyrrole nitrogens is 1. The van der Waals surface area contributed by atoms with Crippen molar-refractivity contribution in [1.29, 1.82) is 0 Å². The highest BCUT2D eigenvalue weighted by Crippen LogP contribution is 2.15. The lowest BCUT2D eigenvalue weighted by Crippen LogP contribution is -2.36. The normalized spacial score (nSPS) is 10.5. The molecular weight excluding hydrogens is 368 g/mol. The van der Waals surface area contributed by atoms with Gasteiger partial charge in [-0.1, -0.05) is 12.1 Å². The van der Waals surface area contributed by atoms with Gasteiger partial charge < -0.3 is 21.4 Å². The molecule has 138 valence electrons. The third-order valence-corrected chi connectivity index (χ3v) is 4.90. The number of amides is 3. The smallest absolute Gasteiger partial charge is 0.261 e. The predicted molar refractivity (Wildman–Crippen MR) is 102 cm³/mol. The average Bonchev–Trinajstić information content (AvgIpc) is 3.16. The van der Waals surface area contributed by atoms with Gasteiger partial charge in [-0.15, -0.1) is 11.3 Å². The van der Waals surface area contributed by atoms with Crippen molar-refractivity contribution in [3.05, 3.63) is 68.1 Å². The van der Waals surface area contributed by atoms with Crippen LogP contribution >= 0.6 is 11.3 Å². The molecule has 3 aromatic rings. The second-order valence-electron chi connectivity index (χ2n) is 5.62. The first-order chi connectivity index (χ1) is 13.0. The van der Waals surface area contributed by atoms with Crippen LogP contribution in [0.4, 0.5) is 0 Å². The summed E-state index contributed by atoms with van der Waals surface area (Å²) in [6.07, 6.45) is 1.37. The van der Waals surface area contributed by atoms with Crippen molar-refractivity contribution >= 4 is 40.0 Å². The van der Waals surface area contributed by atoms with Crippen LogP contribution in [0, 0.1) is 0 Å². The van der Waals surface area contributed by atoms with E-state index in [2.05, 4.69) is 15.6 Å². The number of para-hydroxylation sites is 1. The Bertz CT molecular complexity index is 1090. The largest absolute Gasteiger partial charge is 0.365 e. The van der Waals surface area contributed by atoms with E-state index in [1.165, 1.54) is 18.3 Å². The summed E-state index contributed by atoms with van der Waals surface area (Å²) in [7, 11) is 0. The van der Waals surface area contributed by atoms with Crippen molar-refractivity contribution in [2.75, 3.05) is 13.1 Å². The quantitative estimate of drug-likeness (QED) is 0.469. The SMILES string of the molecule is NC(=O)c1ccc(C(=O)NCCNC(=O)c2c[nH]c3ccccc3c2=O)s1. The fraction of sp³-hybridized carbons (Fsp3) is 0.111. The highest BCUT2D eigenvalue weighted by atomic mass is 32.1. The highest BCUT2D eigenvalue weighted by molar-refractivity contribution is 7.15. The standard InChI is InChI=1S/C18H16N4O4S/c19-16(24)13-5-6-14(27-13)18(26)21-8-7-20-17(25)11-9-22-12-4-2-1-3-10(12)15(11)23/h1-6,9H,7-8H2,(H2,19,24)(H,20,25)(H,21,26)(H,22,23). The molecule has 0 spiro atoms. The summed E-state index contributed by atoms with van der Waals surface area (Å²) in [5, 5.41) is 5.64. The van der Waals surface area contributed by atoms with E-state index in [-0.39, 0.29) is 30.0 Å². The Morgan fingerprint density at radius 2 is 1.63 bits per heavy atom. The number of hydrogen-bond acceptors (Lipinski definition) is 5. The molecule has 0 bridgehead atoms. The second-order valence-corrected chi connectivity index (χ2v) is 6.70. The van der Waals surface area contributed by atoms with E-state index in [0.29, 0.717) is 20.7 Å². The number of rotatable bonds is 6. The maximum absolute atomic E-state index is 12.4. The van der Waals surface area contributed by atoms with Gasteiger partial charge in [-0.25, -0.2) is 0 Å². The van der Waals surface area contributed by atoms with Crippen LogP contribution in [-0.4, -0.2) is 35.8 Å². The molecule has 1 aromatic carbocycles. The summed E-state index contributed by atoms with van der Waals surface area (Å²) in [6, 6.07) is 9.90. The molecule has 8 nitrogen and oxygen atoms in total. The number of carbonyl (C=O) groups is 3. The fourth-order valence-electron chi connectivity index (χ4n) is 2.46. The van der Waals surface area contributed by atoms with E-state index in [9.17, 15) is 19.2 Å². The molecule has 2 heterocycles. The first kappa shape index (κ1) is 18.3. The number of thiophene rings is 1. The van der Waals surface area contributed by atoms with Crippen LogP contribution in [0.1, 0.15) is 29.7 Å². The van der Waals surface area contributed by atoms with Crippen molar-refractivity contribution < 1.29 is 14.4 Å². The second kappa shape index (κ2) is 7.83. The minimum Gasteiger partial charge on any atom is -0.365 e. The third kappa shape index (κ3) is 4.04. The maximum Gasteiger partial charge on any atom is 0.261 e. The number of carbonyl (C=O) groups excluding carboxylic acids is 3. The molecule has 0 aliphatic rings. The van der Waals surface area contributed by atoms with Crippen LogP contribution in [0.15, 0.2) is 47.4 Å². The summed E-state index contributed by atoms with van der Waals surface area (Å²) in [5.74, 6) is -1.49. The van der Waals surface area contributed by atoms with Gasteiger partial charge in [0.2, 0.25) is 5.43 Å². The summed E-state index contributed by atoms with van der Waals surface area (Å²) in [4.78, 5) is 51.2. The molecule has 27 heavy (non-hydrogen) atoms. The Balaban J connectivity index is 1.55. The van der Waals surface area contributed by atoms with Crippen LogP contribution in [0.25, 0.3) is 10.9 Å². The molecule has 0 aliphatic heterocycles. The number of fused-ring (bicyclic) bond motifs is 1. The fourth-order valence-corrected chi connectivity index (χ4v) is 3.24. The van der Waals surface area contributed by atoms with Gasteiger partial charge in [-0.3, -0.25) is 19.2 Å². The number of pyridine rings is 1. The Morgan fingerprint density at radius 1 is 0.963 bits per heavy atom. The summed E-state index contributed by atoms with van der Waals surface area (Å²) < 4.78 is 0. The van der Waals surface area contributed by atoms with Gasteiger partial charge in [-0.2, -0.15) is 0 Å². The zero-order chi connectivity index (χ0) is 19.4. The Hall–Kier alpha value is -3.46. The van der Waals surface area contributed by atoms with Crippen LogP contribution in [0.2, 0.25) is 0 Å². The maximum atomic E-state index is 12.4. The number of aromatic nitrogens is 1. The van der Waals surface area contributed by atoms with Crippen molar-refractivity contribution in [3.8, 4) is 0 Å². The number of aromatic amines is 1. The van der Waals surface area contributed by atoms with Crippen molar-refractivity contribution in [1.82, 2.24) is 15.6 Å². The van der Waals surface area contributed by atoms with Gasteiger partial charge in [0.1, 0.15) is 5.56 Å². The van der Waals surface area contributed by atoms with Crippen LogP contribution in [0.5, 0.6) is 0 Å². The van der Waals surface area contributed by atoms with Crippen molar-refractivity contribution in [3.63, 3.8) is 0 Å². The molecule has 0 fully saturated rings.